The van der Waals surface area contributed by atoms with Crippen LogP contribution in [0.2, 0.25) is 0 Å². The van der Waals surface area contributed by atoms with Gasteiger partial charge in [0.2, 0.25) is 29.5 Å². The van der Waals surface area contributed by atoms with Crippen LogP contribution in [0.1, 0.15) is 118 Å². The standard InChI is InChI=1S/C58H86N6O12/c1-14-38(6)53(62(10)57(71)51(36(2)3)60-56(70)52(37(4)5)61(9)47(65)25-19-16-20-30-64-48(66)28-29-49(64)67)39(7)32-50(68)63-31-21-24-45(63)54(75-13)40(8)55(69)59-44(33-41-22-17-15-18-23-41)58(72)76-35-42-26-27-43(73-11)34-46(42)74-12/h15,17-18,22-23,26-29,34,36-40,44-45,51-54H,14,16,19-21,24-25,30-33,35H2,1-13H3,(H,59,69)(H,60,70)/t38?,39-,40?,44+,45?,51+,52?,53?,54-/m1/s1. The van der Waals surface area contributed by atoms with Crippen LogP contribution in [0.15, 0.2) is 60.7 Å². The molecule has 0 radical (unpaired) electrons. The van der Waals surface area contributed by atoms with E-state index < -0.39 is 54.0 Å². The normalized spacial score (nSPS) is 17.6. The molecule has 2 aromatic carbocycles. The van der Waals surface area contributed by atoms with Gasteiger partial charge in [0.05, 0.1) is 32.3 Å². The second kappa shape index (κ2) is 29.9. The van der Waals surface area contributed by atoms with Gasteiger partial charge in [-0.05, 0) is 67.1 Å². The maximum absolute atomic E-state index is 14.6. The van der Waals surface area contributed by atoms with Crippen molar-refractivity contribution in [3.05, 3.63) is 71.8 Å². The summed E-state index contributed by atoms with van der Waals surface area (Å²) in [4.78, 5) is 115. The molecule has 1 fully saturated rings. The largest absolute Gasteiger partial charge is 0.497 e. The molecule has 2 aliphatic rings. The second-order valence-corrected chi connectivity index (χ2v) is 21.2. The maximum Gasteiger partial charge on any atom is 0.329 e. The van der Waals surface area contributed by atoms with Crippen LogP contribution in [-0.2, 0) is 60.9 Å². The minimum Gasteiger partial charge on any atom is -0.497 e. The molecule has 4 rings (SSSR count). The molecule has 5 unspecified atom stereocenters. The molecule has 420 valence electrons. The summed E-state index contributed by atoms with van der Waals surface area (Å²) in [5, 5.41) is 5.95. The number of imide groups is 1. The highest BCUT2D eigenvalue weighted by molar-refractivity contribution is 6.12. The molecule has 2 N–H and O–H groups in total. The van der Waals surface area contributed by atoms with E-state index in [2.05, 4.69) is 10.6 Å². The van der Waals surface area contributed by atoms with Crippen LogP contribution >= 0.6 is 0 Å². The van der Waals surface area contributed by atoms with E-state index in [0.717, 1.165) is 5.56 Å². The van der Waals surface area contributed by atoms with E-state index in [4.69, 9.17) is 18.9 Å². The van der Waals surface area contributed by atoms with Crippen LogP contribution in [0.5, 0.6) is 11.5 Å². The zero-order valence-electron chi connectivity index (χ0n) is 47.3. The first kappa shape index (κ1) is 62.2. The lowest BCUT2D eigenvalue weighted by Gasteiger charge is -2.41. The summed E-state index contributed by atoms with van der Waals surface area (Å²) in [7, 11) is 7.90. The number of benzene rings is 2. The molecule has 2 heterocycles. The molecular weight excluding hydrogens is 973 g/mol. The first-order valence-electron chi connectivity index (χ1n) is 27.0. The molecule has 0 spiro atoms. The second-order valence-electron chi connectivity index (χ2n) is 21.2. The fraction of sp³-hybridized carbons (Fsp3) is 0.621. The first-order chi connectivity index (χ1) is 36.1. The molecule has 76 heavy (non-hydrogen) atoms. The Bertz CT molecular complexity index is 2310. The van der Waals surface area contributed by atoms with Crippen molar-refractivity contribution in [1.29, 1.82) is 0 Å². The number of nitrogens with zero attached hydrogens (tertiary/aromatic N) is 4. The summed E-state index contributed by atoms with van der Waals surface area (Å²) < 4.78 is 22.6. The summed E-state index contributed by atoms with van der Waals surface area (Å²) in [5.41, 5.74) is 1.44. The van der Waals surface area contributed by atoms with Crippen LogP contribution in [-0.4, -0.2) is 152 Å². The van der Waals surface area contributed by atoms with Crippen LogP contribution in [0.25, 0.3) is 0 Å². The number of carbonyl (C=O) groups is 8. The molecule has 2 aromatic rings. The van der Waals surface area contributed by atoms with E-state index in [1.807, 2.05) is 78.8 Å². The minimum atomic E-state index is -1.04. The van der Waals surface area contributed by atoms with Gasteiger partial charge in [0.1, 0.15) is 36.2 Å². The molecule has 0 aromatic heterocycles. The Morgan fingerprint density at radius 1 is 0.776 bits per heavy atom. The highest BCUT2D eigenvalue weighted by Gasteiger charge is 2.43. The van der Waals surface area contributed by atoms with Crippen LogP contribution < -0.4 is 20.1 Å². The number of carbonyl (C=O) groups excluding carboxylic acids is 8. The highest BCUT2D eigenvalue weighted by atomic mass is 16.5. The van der Waals surface area contributed by atoms with E-state index in [9.17, 15) is 38.4 Å². The van der Waals surface area contributed by atoms with Crippen molar-refractivity contribution in [2.24, 2.45) is 29.6 Å². The predicted octanol–water partition coefficient (Wildman–Crippen LogP) is 6.13. The SMILES string of the molecule is CCC(C)C([C@H](C)CC(=O)N1CCCC1[C@H](OC)C(C)C(=O)N[C@@H](Cc1ccccc1)C(=O)OCc1ccc(OC)cc1OC)N(C)C(=O)[C@@H](NC(=O)C(C(C)C)N(C)C(=O)CCCCCN1C(=O)C=CC1=O)C(C)C. The lowest BCUT2D eigenvalue weighted by Crippen LogP contribution is -2.59. The third kappa shape index (κ3) is 16.6. The molecule has 0 bridgehead atoms. The highest BCUT2D eigenvalue weighted by Crippen LogP contribution is 2.32. The molecular formula is C58H86N6O12. The maximum atomic E-state index is 14.6. The third-order valence-electron chi connectivity index (χ3n) is 15.1. The Labute approximate surface area is 450 Å². The van der Waals surface area contributed by atoms with Crippen molar-refractivity contribution in [2.75, 3.05) is 48.5 Å². The molecule has 0 aliphatic carbocycles. The number of amides is 7. The van der Waals surface area contributed by atoms with Gasteiger partial charge in [-0.2, -0.15) is 0 Å². The van der Waals surface area contributed by atoms with Crippen molar-refractivity contribution in [3.8, 4) is 11.5 Å². The molecule has 0 saturated carbocycles. The van der Waals surface area contributed by atoms with Crippen molar-refractivity contribution in [2.45, 2.75) is 156 Å². The first-order valence-corrected chi connectivity index (χ1v) is 27.0. The summed E-state index contributed by atoms with van der Waals surface area (Å²) in [6, 6.07) is 10.9. The number of hydrogen-bond acceptors (Lipinski definition) is 12. The summed E-state index contributed by atoms with van der Waals surface area (Å²) in [6.45, 7) is 15.8. The van der Waals surface area contributed by atoms with Gasteiger partial charge >= 0.3 is 5.97 Å². The zero-order valence-corrected chi connectivity index (χ0v) is 47.3. The fourth-order valence-corrected chi connectivity index (χ4v) is 10.7. The van der Waals surface area contributed by atoms with Gasteiger partial charge in [0.25, 0.3) is 11.8 Å². The van der Waals surface area contributed by atoms with Crippen LogP contribution in [0.3, 0.4) is 0 Å². The number of methoxy groups -OCH3 is 3. The van der Waals surface area contributed by atoms with Gasteiger partial charge in [-0.1, -0.05) is 98.6 Å². The molecule has 2 aliphatic heterocycles. The topological polar surface area (TPSA) is 210 Å². The van der Waals surface area contributed by atoms with Gasteiger partial charge in [-0.3, -0.25) is 38.5 Å². The van der Waals surface area contributed by atoms with Gasteiger partial charge < -0.3 is 44.3 Å². The van der Waals surface area contributed by atoms with E-state index in [1.54, 1.807) is 56.1 Å². The van der Waals surface area contributed by atoms with Crippen LogP contribution in [0, 0.1) is 29.6 Å². The number of unbranched alkanes of at least 4 members (excludes halogenated alkanes) is 2. The van der Waals surface area contributed by atoms with E-state index in [1.165, 1.54) is 36.2 Å². The van der Waals surface area contributed by atoms with E-state index >= 15 is 0 Å². The van der Waals surface area contributed by atoms with Gasteiger partial charge in [0.15, 0.2) is 0 Å². The zero-order chi connectivity index (χ0) is 56.4. The number of hydrogen-bond donors (Lipinski definition) is 2. The quantitative estimate of drug-likeness (QED) is 0.0515. The van der Waals surface area contributed by atoms with Gasteiger partial charge in [0, 0.05) is 83.4 Å². The molecule has 18 heteroatoms. The average Bonchev–Trinajstić information content (AvgIpc) is 4.01. The lowest BCUT2D eigenvalue weighted by molar-refractivity contribution is -0.150. The Morgan fingerprint density at radius 3 is 2.04 bits per heavy atom. The number of likely N-dealkylation sites (tertiary alicyclic amines) is 1. The molecule has 1 saturated heterocycles. The van der Waals surface area contributed by atoms with E-state index in [0.29, 0.717) is 62.1 Å². The van der Waals surface area contributed by atoms with Gasteiger partial charge in [-0.15, -0.1) is 0 Å². The summed E-state index contributed by atoms with van der Waals surface area (Å²) in [6.07, 6.45) is 5.92. The molecule has 7 amide bonds. The van der Waals surface area contributed by atoms with Crippen molar-refractivity contribution >= 4 is 47.3 Å². The van der Waals surface area contributed by atoms with Crippen molar-refractivity contribution < 1.29 is 57.3 Å². The number of likely N-dealkylation sites (N-methyl/N-ethyl adjacent to an activating group) is 2. The fourth-order valence-electron chi connectivity index (χ4n) is 10.7. The monoisotopic (exact) mass is 1060 g/mol. The Hall–Kier alpha value is -6.30. The Morgan fingerprint density at radius 2 is 1.45 bits per heavy atom. The summed E-state index contributed by atoms with van der Waals surface area (Å²) in [5.74, 6) is -3.49. The Kier molecular flexibility index (Phi) is 24.4. The lowest BCUT2D eigenvalue weighted by atomic mass is 9.84. The van der Waals surface area contributed by atoms with E-state index in [-0.39, 0.29) is 91.7 Å². The smallest absolute Gasteiger partial charge is 0.329 e. The number of rotatable bonds is 30. The van der Waals surface area contributed by atoms with Crippen LogP contribution in [0.4, 0.5) is 0 Å². The minimum absolute atomic E-state index is 0.0287. The number of esters is 1. The predicted molar refractivity (Wildman–Crippen MR) is 288 cm³/mol. The number of nitrogens with one attached hydrogen (secondary N) is 2. The Balaban J connectivity index is 1.42. The molecule has 18 nitrogen and oxygen atoms in total. The third-order valence-corrected chi connectivity index (χ3v) is 15.1. The van der Waals surface area contributed by atoms with Gasteiger partial charge in [-0.25, -0.2) is 4.79 Å². The molecule has 9 atom stereocenters. The average molecular weight is 1060 g/mol. The van der Waals surface area contributed by atoms with Crippen molar-refractivity contribution in [1.82, 2.24) is 30.2 Å². The number of ether oxygens (including phenoxy) is 4. The summed E-state index contributed by atoms with van der Waals surface area (Å²) >= 11 is 0. The van der Waals surface area contributed by atoms with Crippen molar-refractivity contribution in [3.63, 3.8) is 0 Å².